The molecule has 0 bridgehead atoms. The van der Waals surface area contributed by atoms with Gasteiger partial charge in [0.2, 0.25) is 5.95 Å². The van der Waals surface area contributed by atoms with Crippen LogP contribution in [0.1, 0.15) is 47.6 Å². The highest BCUT2D eigenvalue weighted by molar-refractivity contribution is 5.66. The third-order valence-electron chi connectivity index (χ3n) is 6.02. The zero-order valence-electron chi connectivity index (χ0n) is 22.4. The van der Waals surface area contributed by atoms with E-state index in [1.807, 2.05) is 0 Å². The molecule has 0 atom stereocenters. The Hall–Kier alpha value is -4.24. The highest BCUT2D eigenvalue weighted by Crippen LogP contribution is 2.38. The van der Waals surface area contributed by atoms with Gasteiger partial charge in [0.1, 0.15) is 0 Å². The maximum Gasteiger partial charge on any atom is 0.416 e. The molecule has 2 N–H and O–H groups in total. The predicted octanol–water partition coefficient (Wildman–Crippen LogP) is 7.42. The summed E-state index contributed by atoms with van der Waals surface area (Å²) >= 11 is 0. The molecule has 0 aliphatic heterocycles. The lowest BCUT2D eigenvalue weighted by atomic mass is 10.0. The molecule has 0 saturated heterocycles. The summed E-state index contributed by atoms with van der Waals surface area (Å²) in [6.07, 6.45) is -12.2. The summed E-state index contributed by atoms with van der Waals surface area (Å²) in [4.78, 5) is 19.9. The first-order chi connectivity index (χ1) is 20.0. The Morgan fingerprint density at radius 1 is 0.884 bits per heavy atom. The number of carboxylic acid groups (broad SMARTS) is 1. The van der Waals surface area contributed by atoms with Crippen LogP contribution < -0.4 is 15.0 Å². The molecule has 43 heavy (non-hydrogen) atoms. The lowest BCUT2D eigenvalue weighted by Gasteiger charge is -2.27. The van der Waals surface area contributed by atoms with Crippen LogP contribution in [0.5, 0.6) is 5.75 Å². The quantitative estimate of drug-likeness (QED) is 0.160. The van der Waals surface area contributed by atoms with Crippen LogP contribution in [0.25, 0.3) is 0 Å². The number of alkyl halides is 9. The zero-order valence-corrected chi connectivity index (χ0v) is 22.4. The third kappa shape index (κ3) is 9.64. The van der Waals surface area contributed by atoms with E-state index in [1.165, 1.54) is 17.3 Å². The highest BCUT2D eigenvalue weighted by Gasteiger charge is 2.37. The molecule has 16 heteroatoms. The van der Waals surface area contributed by atoms with Crippen molar-refractivity contribution in [1.82, 2.24) is 9.97 Å². The molecule has 0 unspecified atom stereocenters. The second-order valence-electron chi connectivity index (χ2n) is 9.21. The number of benzene rings is 2. The Morgan fingerprint density at radius 3 is 1.98 bits per heavy atom. The number of anilines is 2. The summed E-state index contributed by atoms with van der Waals surface area (Å²) in [5.41, 5.74) is -4.22. The van der Waals surface area contributed by atoms with Crippen molar-refractivity contribution in [3.05, 3.63) is 76.6 Å². The second kappa shape index (κ2) is 13.4. The van der Waals surface area contributed by atoms with Crippen molar-refractivity contribution in [2.24, 2.45) is 0 Å². The van der Waals surface area contributed by atoms with E-state index in [2.05, 4.69) is 15.3 Å². The van der Waals surface area contributed by atoms with Crippen molar-refractivity contribution in [3.8, 4) is 5.75 Å². The van der Waals surface area contributed by atoms with E-state index in [-0.39, 0.29) is 67.1 Å². The Bertz CT molecular complexity index is 1360. The second-order valence-corrected chi connectivity index (χ2v) is 9.21. The maximum atomic E-state index is 13.5. The van der Waals surface area contributed by atoms with Gasteiger partial charge >= 0.3 is 24.5 Å². The summed E-state index contributed by atoms with van der Waals surface area (Å²) < 4.78 is 126. The molecule has 0 spiro atoms. The first-order valence-corrected chi connectivity index (χ1v) is 12.6. The number of ether oxygens (including phenoxy) is 1. The van der Waals surface area contributed by atoms with Crippen LogP contribution in [0.4, 0.5) is 51.1 Å². The molecular weight excluding hydrogens is 599 g/mol. The lowest BCUT2D eigenvalue weighted by molar-refractivity contribution is -0.143. The Labute approximate surface area is 239 Å². The van der Waals surface area contributed by atoms with E-state index in [4.69, 9.17) is 9.84 Å². The minimum absolute atomic E-state index is 0.000364. The third-order valence-corrected chi connectivity index (χ3v) is 6.02. The summed E-state index contributed by atoms with van der Waals surface area (Å²) in [6, 6.07) is 3.81. The summed E-state index contributed by atoms with van der Waals surface area (Å²) in [5.74, 6) is -0.792. The molecule has 0 saturated carbocycles. The van der Waals surface area contributed by atoms with Crippen LogP contribution >= 0.6 is 0 Å². The highest BCUT2D eigenvalue weighted by atomic mass is 19.4. The summed E-state index contributed by atoms with van der Waals surface area (Å²) in [6.45, 7) is 0.905. The number of aromatic nitrogens is 2. The SMILES string of the molecule is CCN(Cc1cc(C(F)(F)F)cc(C(F)(F)F)c1)c1ccc(C(F)(F)F)cc1CNc1ncc(OCCCC(=O)O)cn1. The van der Waals surface area contributed by atoms with Crippen LogP contribution in [0, 0.1) is 0 Å². The fraction of sp³-hybridized carbons (Fsp3) is 0.370. The lowest BCUT2D eigenvalue weighted by Crippen LogP contribution is -2.25. The zero-order chi connectivity index (χ0) is 32.0. The topological polar surface area (TPSA) is 87.6 Å². The van der Waals surface area contributed by atoms with Crippen molar-refractivity contribution < 1.29 is 54.2 Å². The molecule has 2 aromatic carbocycles. The van der Waals surface area contributed by atoms with Crippen molar-refractivity contribution in [2.75, 3.05) is 23.4 Å². The van der Waals surface area contributed by atoms with E-state index in [0.29, 0.717) is 12.1 Å². The first kappa shape index (κ1) is 33.3. The molecule has 3 aromatic rings. The number of carbonyl (C=O) groups is 1. The molecule has 0 fully saturated rings. The van der Waals surface area contributed by atoms with Gasteiger partial charge in [0.05, 0.1) is 35.7 Å². The Kier molecular flexibility index (Phi) is 10.3. The molecular formula is C27H25F9N4O3. The molecule has 3 rings (SSSR count). The maximum absolute atomic E-state index is 13.5. The van der Waals surface area contributed by atoms with E-state index in [1.54, 1.807) is 6.92 Å². The van der Waals surface area contributed by atoms with Gasteiger partial charge in [0.25, 0.3) is 0 Å². The number of halogens is 9. The number of carboxylic acids is 1. The molecule has 1 aromatic heterocycles. The molecule has 234 valence electrons. The molecule has 0 aliphatic rings. The molecule has 1 heterocycles. The minimum Gasteiger partial charge on any atom is -0.490 e. The normalized spacial score (nSPS) is 12.2. The van der Waals surface area contributed by atoms with E-state index >= 15 is 0 Å². The predicted molar refractivity (Wildman–Crippen MR) is 136 cm³/mol. The Balaban J connectivity index is 1.87. The smallest absolute Gasteiger partial charge is 0.416 e. The van der Waals surface area contributed by atoms with Crippen LogP contribution in [0.3, 0.4) is 0 Å². The number of hydrogen-bond acceptors (Lipinski definition) is 6. The van der Waals surface area contributed by atoms with Gasteiger partial charge < -0.3 is 20.1 Å². The van der Waals surface area contributed by atoms with Crippen LogP contribution in [-0.2, 0) is 36.4 Å². The van der Waals surface area contributed by atoms with Gasteiger partial charge in [-0.1, -0.05) is 0 Å². The molecule has 7 nitrogen and oxygen atoms in total. The number of aliphatic carboxylic acids is 1. The van der Waals surface area contributed by atoms with Crippen LogP contribution in [0.15, 0.2) is 48.8 Å². The van der Waals surface area contributed by atoms with E-state index in [0.717, 1.165) is 18.2 Å². The summed E-state index contributed by atoms with van der Waals surface area (Å²) in [7, 11) is 0. The summed E-state index contributed by atoms with van der Waals surface area (Å²) in [5, 5.41) is 11.4. The number of nitrogens with zero attached hydrogens (tertiary/aromatic N) is 3. The molecule has 0 amide bonds. The number of hydrogen-bond donors (Lipinski definition) is 2. The monoisotopic (exact) mass is 624 g/mol. The van der Waals surface area contributed by atoms with E-state index in [9.17, 15) is 44.3 Å². The van der Waals surface area contributed by atoms with Crippen molar-refractivity contribution in [3.63, 3.8) is 0 Å². The average Bonchev–Trinajstić information content (AvgIpc) is 2.92. The minimum atomic E-state index is -5.06. The van der Waals surface area contributed by atoms with E-state index < -0.39 is 47.7 Å². The van der Waals surface area contributed by atoms with Crippen LogP contribution in [0.2, 0.25) is 0 Å². The fourth-order valence-electron chi connectivity index (χ4n) is 3.98. The molecule has 0 radical (unpaired) electrons. The van der Waals surface area contributed by atoms with Gasteiger partial charge in [-0.2, -0.15) is 39.5 Å². The standard InChI is InChI=1S/C27H25F9N4O3/c1-2-40(15-16-8-19(26(31,32)33)11-20(9-16)27(34,35)36)22-6-5-18(25(28,29)30)10-17(22)12-37-24-38-13-21(14-39-24)43-7-3-4-23(41)42/h5-6,8-11,13-14H,2-4,7,12,15H2,1H3,(H,41,42)(H,37,38,39). The van der Waals surface area contributed by atoms with Gasteiger partial charge in [-0.25, -0.2) is 9.97 Å². The number of rotatable bonds is 12. The van der Waals surface area contributed by atoms with Gasteiger partial charge in [0.15, 0.2) is 5.75 Å². The Morgan fingerprint density at radius 2 is 1.47 bits per heavy atom. The van der Waals surface area contributed by atoms with Crippen molar-refractivity contribution >= 4 is 17.6 Å². The van der Waals surface area contributed by atoms with Crippen molar-refractivity contribution in [2.45, 2.75) is 51.4 Å². The van der Waals surface area contributed by atoms with Gasteiger partial charge in [-0.05, 0) is 60.9 Å². The fourth-order valence-corrected chi connectivity index (χ4v) is 3.98. The average molecular weight is 625 g/mol. The van der Waals surface area contributed by atoms with Gasteiger partial charge in [-0.15, -0.1) is 0 Å². The van der Waals surface area contributed by atoms with Gasteiger partial charge in [-0.3, -0.25) is 4.79 Å². The van der Waals surface area contributed by atoms with Gasteiger partial charge in [0, 0.05) is 31.7 Å². The first-order valence-electron chi connectivity index (χ1n) is 12.6. The van der Waals surface area contributed by atoms with Crippen molar-refractivity contribution in [1.29, 1.82) is 0 Å². The largest absolute Gasteiger partial charge is 0.490 e. The molecule has 0 aliphatic carbocycles. The van der Waals surface area contributed by atoms with Crippen LogP contribution in [-0.4, -0.2) is 34.2 Å². The number of nitrogens with one attached hydrogen (secondary N) is 1.